The second-order valence-electron chi connectivity index (χ2n) is 7.24. The second kappa shape index (κ2) is 5.79. The van der Waals surface area contributed by atoms with E-state index in [1.54, 1.807) is 0 Å². The molecule has 3 heteroatoms. The zero-order chi connectivity index (χ0) is 15.7. The van der Waals surface area contributed by atoms with Crippen molar-refractivity contribution in [3.8, 4) is 5.69 Å². The largest absolute Gasteiger partial charge is 0.370 e. The van der Waals surface area contributed by atoms with E-state index in [2.05, 4.69) is 62.0 Å². The lowest BCUT2D eigenvalue weighted by atomic mass is 9.88. The number of hydrogen-bond acceptors (Lipinski definition) is 2. The molecule has 3 nitrogen and oxygen atoms in total. The van der Waals surface area contributed by atoms with E-state index in [0.29, 0.717) is 0 Å². The minimum absolute atomic E-state index is 0.0741. The van der Waals surface area contributed by atoms with Crippen LogP contribution in [0.5, 0.6) is 0 Å². The zero-order valence-corrected chi connectivity index (χ0v) is 14.2. The molecule has 2 aromatic rings. The van der Waals surface area contributed by atoms with Crippen LogP contribution in [0.1, 0.15) is 57.4 Å². The molecule has 0 spiro atoms. The van der Waals surface area contributed by atoms with E-state index in [1.165, 1.54) is 35.5 Å². The fourth-order valence-electron chi connectivity index (χ4n) is 3.16. The Bertz CT molecular complexity index is 645. The highest BCUT2D eigenvalue weighted by molar-refractivity contribution is 5.55. The molecule has 1 N–H and O–H groups in total. The highest BCUT2D eigenvalue weighted by Crippen LogP contribution is 2.34. The average Bonchev–Trinajstić information content (AvgIpc) is 2.70. The van der Waals surface area contributed by atoms with Gasteiger partial charge in [-0.2, -0.15) is 5.10 Å². The van der Waals surface area contributed by atoms with Crippen molar-refractivity contribution < 1.29 is 0 Å². The van der Waals surface area contributed by atoms with Crippen LogP contribution in [-0.4, -0.2) is 16.3 Å². The molecule has 0 fully saturated rings. The predicted octanol–water partition coefficient (Wildman–Crippen LogP) is 4.48. The maximum Gasteiger partial charge on any atom is 0.133 e. The van der Waals surface area contributed by atoms with Gasteiger partial charge in [0.1, 0.15) is 5.82 Å². The van der Waals surface area contributed by atoms with Gasteiger partial charge in [-0.25, -0.2) is 4.68 Å². The van der Waals surface area contributed by atoms with Crippen LogP contribution in [0.15, 0.2) is 24.3 Å². The third kappa shape index (κ3) is 2.77. The topological polar surface area (TPSA) is 29.9 Å². The number of hydrogen-bond donors (Lipinski definition) is 1. The summed E-state index contributed by atoms with van der Waals surface area (Å²) in [7, 11) is 0. The molecule has 0 bridgehead atoms. The van der Waals surface area contributed by atoms with Crippen molar-refractivity contribution >= 4 is 5.82 Å². The van der Waals surface area contributed by atoms with Gasteiger partial charge in [-0.3, -0.25) is 0 Å². The summed E-state index contributed by atoms with van der Waals surface area (Å²) in [5.41, 5.74) is 5.23. The fraction of sp³-hybridized carbons (Fsp3) is 0.526. The SMILES string of the molecule is CCc1ccc(-n2nc(C(C)(C)C)c3c2NCCCC3)cc1. The van der Waals surface area contributed by atoms with Crippen molar-refractivity contribution in [1.29, 1.82) is 0 Å². The maximum absolute atomic E-state index is 4.98. The Labute approximate surface area is 133 Å². The van der Waals surface area contributed by atoms with Crippen LogP contribution >= 0.6 is 0 Å². The Balaban J connectivity index is 2.12. The fourth-order valence-corrected chi connectivity index (χ4v) is 3.16. The lowest BCUT2D eigenvalue weighted by Gasteiger charge is -2.17. The molecule has 0 radical (unpaired) electrons. The van der Waals surface area contributed by atoms with E-state index >= 15 is 0 Å². The average molecular weight is 297 g/mol. The third-order valence-corrected chi connectivity index (χ3v) is 4.43. The van der Waals surface area contributed by atoms with E-state index in [0.717, 1.165) is 25.1 Å². The molecule has 118 valence electrons. The first kappa shape index (κ1) is 15.1. The van der Waals surface area contributed by atoms with Gasteiger partial charge in [0.05, 0.1) is 11.4 Å². The van der Waals surface area contributed by atoms with Crippen LogP contribution in [0, 0.1) is 0 Å². The Kier molecular flexibility index (Phi) is 3.98. The van der Waals surface area contributed by atoms with Crippen LogP contribution in [0.3, 0.4) is 0 Å². The molecular weight excluding hydrogens is 270 g/mol. The Morgan fingerprint density at radius 1 is 1.14 bits per heavy atom. The van der Waals surface area contributed by atoms with Crippen molar-refractivity contribution in [2.75, 3.05) is 11.9 Å². The summed E-state index contributed by atoms with van der Waals surface area (Å²) in [6, 6.07) is 8.78. The van der Waals surface area contributed by atoms with Gasteiger partial charge in [0, 0.05) is 17.5 Å². The summed E-state index contributed by atoms with van der Waals surface area (Å²) in [6.45, 7) is 9.99. The van der Waals surface area contributed by atoms with Gasteiger partial charge in [0.25, 0.3) is 0 Å². The lowest BCUT2D eigenvalue weighted by molar-refractivity contribution is 0.552. The van der Waals surface area contributed by atoms with Gasteiger partial charge in [0.15, 0.2) is 0 Å². The van der Waals surface area contributed by atoms with E-state index in [4.69, 9.17) is 5.10 Å². The molecule has 3 rings (SSSR count). The number of aromatic nitrogens is 2. The van der Waals surface area contributed by atoms with Crippen LogP contribution in [0.4, 0.5) is 5.82 Å². The van der Waals surface area contributed by atoms with Crippen molar-refractivity contribution in [1.82, 2.24) is 9.78 Å². The summed E-state index contributed by atoms with van der Waals surface area (Å²) in [4.78, 5) is 0. The molecule has 0 atom stereocenters. The number of anilines is 1. The van der Waals surface area contributed by atoms with Crippen molar-refractivity contribution in [3.05, 3.63) is 41.1 Å². The van der Waals surface area contributed by atoms with E-state index in [1.807, 2.05) is 0 Å². The van der Waals surface area contributed by atoms with Gasteiger partial charge in [0.2, 0.25) is 0 Å². The molecule has 0 aliphatic carbocycles. The van der Waals surface area contributed by atoms with Crippen LogP contribution < -0.4 is 5.32 Å². The van der Waals surface area contributed by atoms with Gasteiger partial charge < -0.3 is 5.32 Å². The third-order valence-electron chi connectivity index (χ3n) is 4.43. The molecule has 1 aromatic carbocycles. The highest BCUT2D eigenvalue weighted by atomic mass is 15.3. The van der Waals surface area contributed by atoms with Gasteiger partial charge in [-0.05, 0) is 43.4 Å². The van der Waals surface area contributed by atoms with Crippen molar-refractivity contribution in [2.24, 2.45) is 0 Å². The molecule has 0 amide bonds. The number of aryl methyl sites for hydroxylation is 1. The molecule has 2 heterocycles. The van der Waals surface area contributed by atoms with Crippen molar-refractivity contribution in [2.45, 2.75) is 58.8 Å². The first-order valence-electron chi connectivity index (χ1n) is 8.46. The van der Waals surface area contributed by atoms with Gasteiger partial charge >= 0.3 is 0 Å². The highest BCUT2D eigenvalue weighted by Gasteiger charge is 2.27. The predicted molar refractivity (Wildman–Crippen MR) is 93.1 cm³/mol. The smallest absolute Gasteiger partial charge is 0.133 e. The molecule has 1 aliphatic rings. The van der Waals surface area contributed by atoms with E-state index in [-0.39, 0.29) is 5.41 Å². The lowest BCUT2D eigenvalue weighted by Crippen LogP contribution is -2.15. The Hall–Kier alpha value is -1.77. The molecule has 0 saturated carbocycles. The van der Waals surface area contributed by atoms with E-state index in [9.17, 15) is 0 Å². The first-order chi connectivity index (χ1) is 10.5. The summed E-state index contributed by atoms with van der Waals surface area (Å²) >= 11 is 0. The quantitative estimate of drug-likeness (QED) is 0.885. The summed E-state index contributed by atoms with van der Waals surface area (Å²) in [6.07, 6.45) is 4.67. The van der Waals surface area contributed by atoms with Crippen LogP contribution in [0.25, 0.3) is 5.69 Å². The Morgan fingerprint density at radius 3 is 2.50 bits per heavy atom. The number of fused-ring (bicyclic) bond motifs is 1. The standard InChI is InChI=1S/C19H27N3/c1-5-14-9-11-15(12-10-14)22-18-16(8-6-7-13-20-18)17(21-22)19(2,3)4/h9-12,20H,5-8,13H2,1-4H3. The first-order valence-corrected chi connectivity index (χ1v) is 8.46. The zero-order valence-electron chi connectivity index (χ0n) is 14.2. The molecule has 1 aliphatic heterocycles. The maximum atomic E-state index is 4.98. The number of nitrogens with zero attached hydrogens (tertiary/aromatic N) is 2. The summed E-state index contributed by atoms with van der Waals surface area (Å²) < 4.78 is 2.11. The minimum atomic E-state index is 0.0741. The van der Waals surface area contributed by atoms with Crippen LogP contribution in [-0.2, 0) is 18.3 Å². The van der Waals surface area contributed by atoms with Gasteiger partial charge in [-0.1, -0.05) is 39.8 Å². The number of rotatable bonds is 2. The monoisotopic (exact) mass is 297 g/mol. The van der Waals surface area contributed by atoms with E-state index < -0.39 is 0 Å². The molecular formula is C19H27N3. The molecule has 0 unspecified atom stereocenters. The Morgan fingerprint density at radius 2 is 1.86 bits per heavy atom. The minimum Gasteiger partial charge on any atom is -0.370 e. The van der Waals surface area contributed by atoms with Gasteiger partial charge in [-0.15, -0.1) is 0 Å². The normalized spacial score (nSPS) is 15.1. The molecule has 22 heavy (non-hydrogen) atoms. The molecule has 1 aromatic heterocycles. The summed E-state index contributed by atoms with van der Waals surface area (Å²) in [5, 5.41) is 8.60. The number of nitrogens with one attached hydrogen (secondary N) is 1. The number of benzene rings is 1. The van der Waals surface area contributed by atoms with Crippen molar-refractivity contribution in [3.63, 3.8) is 0 Å². The van der Waals surface area contributed by atoms with Crippen LogP contribution in [0.2, 0.25) is 0 Å². The summed E-state index contributed by atoms with van der Waals surface area (Å²) in [5.74, 6) is 1.20. The molecule has 0 saturated heterocycles. The second-order valence-corrected chi connectivity index (χ2v) is 7.24.